The highest BCUT2D eigenvalue weighted by Crippen LogP contribution is 2.37. The Morgan fingerprint density at radius 1 is 0.875 bits per heavy atom. The fraction of sp³-hybridized carbons (Fsp3) is 0.400. The van der Waals surface area contributed by atoms with Gasteiger partial charge in [0.15, 0.2) is 5.67 Å². The molecule has 0 saturated heterocycles. The minimum atomic E-state index is -2.73. The number of hydrogen-bond acceptors (Lipinski definition) is 2. The Kier molecular flexibility index (Phi) is 5.63. The van der Waals surface area contributed by atoms with Crippen molar-refractivity contribution >= 4 is 18.7 Å². The summed E-state index contributed by atoms with van der Waals surface area (Å²) in [6.07, 6.45) is 0. The van der Waals surface area contributed by atoms with Crippen LogP contribution in [0.1, 0.15) is 27.7 Å². The van der Waals surface area contributed by atoms with Crippen LogP contribution >= 0.6 is 0 Å². The Balaban J connectivity index is 2.62. The van der Waals surface area contributed by atoms with E-state index in [-0.39, 0.29) is 11.6 Å². The van der Waals surface area contributed by atoms with Crippen molar-refractivity contribution in [2.24, 2.45) is 0 Å². The van der Waals surface area contributed by atoms with E-state index in [4.69, 9.17) is 4.43 Å². The average Bonchev–Trinajstić information content (AvgIpc) is 2.56. The predicted octanol–water partition coefficient (Wildman–Crippen LogP) is 3.28. The summed E-state index contributed by atoms with van der Waals surface area (Å²) in [6.45, 7) is 7.14. The molecule has 0 fully saturated rings. The highest BCUT2D eigenvalue weighted by atomic mass is 28.4. The van der Waals surface area contributed by atoms with Gasteiger partial charge in [0, 0.05) is 0 Å². The highest BCUT2D eigenvalue weighted by Gasteiger charge is 2.51. The van der Waals surface area contributed by atoms with Gasteiger partial charge in [-0.2, -0.15) is 0 Å². The van der Waals surface area contributed by atoms with Crippen molar-refractivity contribution < 1.29 is 13.9 Å². The van der Waals surface area contributed by atoms with Gasteiger partial charge in [0.05, 0.1) is 13.2 Å². The van der Waals surface area contributed by atoms with Crippen molar-refractivity contribution in [1.29, 1.82) is 0 Å². The van der Waals surface area contributed by atoms with Crippen LogP contribution in [0, 0.1) is 0 Å². The van der Waals surface area contributed by atoms with Crippen LogP contribution in [-0.4, -0.2) is 32.3 Å². The number of aliphatic hydroxyl groups is 1. The zero-order valence-electron chi connectivity index (χ0n) is 14.9. The fourth-order valence-corrected chi connectivity index (χ4v) is 7.74. The first-order chi connectivity index (χ1) is 11.2. The molecule has 0 aliphatic heterocycles. The largest absolute Gasteiger partial charge is 0.404 e. The summed E-state index contributed by atoms with van der Waals surface area (Å²) in [5.41, 5.74) is -1.76. The second-order valence-corrected chi connectivity index (χ2v) is 11.8. The van der Waals surface area contributed by atoms with Crippen LogP contribution in [0.5, 0.6) is 0 Å². The molecule has 0 amide bonds. The highest BCUT2D eigenvalue weighted by molar-refractivity contribution is 6.99. The minimum Gasteiger partial charge on any atom is -0.404 e. The lowest BCUT2D eigenvalue weighted by Gasteiger charge is -2.44. The number of aliphatic hydroxyl groups excluding tert-OH is 1. The maximum absolute atomic E-state index is 14.4. The lowest BCUT2D eigenvalue weighted by molar-refractivity contribution is 0.0372. The maximum atomic E-state index is 14.4. The van der Waals surface area contributed by atoms with Crippen molar-refractivity contribution in [1.82, 2.24) is 0 Å². The first-order valence-corrected chi connectivity index (χ1v) is 10.2. The normalized spacial score (nSPS) is 15.1. The van der Waals surface area contributed by atoms with Gasteiger partial charge in [-0.05, 0) is 22.3 Å². The van der Waals surface area contributed by atoms with Crippen LogP contribution in [0.25, 0.3) is 0 Å². The average molecular weight is 347 g/mol. The number of halogens is 1. The van der Waals surface area contributed by atoms with Gasteiger partial charge in [-0.25, -0.2) is 4.39 Å². The van der Waals surface area contributed by atoms with E-state index in [9.17, 15) is 9.50 Å². The summed E-state index contributed by atoms with van der Waals surface area (Å²) >= 11 is 0. The Hall–Kier alpha value is -1.49. The summed E-state index contributed by atoms with van der Waals surface area (Å²) in [6, 6.07) is 20.2. The van der Waals surface area contributed by atoms with E-state index in [1.54, 1.807) is 0 Å². The summed E-state index contributed by atoms with van der Waals surface area (Å²) < 4.78 is 20.8. The van der Waals surface area contributed by atoms with Crippen LogP contribution in [0.3, 0.4) is 0 Å². The molecule has 1 unspecified atom stereocenters. The molecule has 2 rings (SSSR count). The molecule has 1 N–H and O–H groups in total. The number of alkyl halides is 1. The molecule has 0 aliphatic carbocycles. The SMILES string of the molecule is CC(F)(CO)CO[Si](c1ccccc1)(c1ccccc1)C(C)(C)C. The quantitative estimate of drug-likeness (QED) is 0.814. The van der Waals surface area contributed by atoms with Crippen molar-refractivity contribution in [2.75, 3.05) is 13.2 Å². The van der Waals surface area contributed by atoms with E-state index >= 15 is 0 Å². The minimum absolute atomic E-state index is 0.128. The first-order valence-electron chi connectivity index (χ1n) is 8.28. The Bertz CT molecular complexity index is 596. The third-order valence-corrected chi connectivity index (χ3v) is 9.32. The van der Waals surface area contributed by atoms with Crippen molar-refractivity contribution in [3.8, 4) is 0 Å². The molecule has 0 aromatic heterocycles. The maximum Gasteiger partial charge on any atom is 0.261 e. The molecule has 0 aliphatic rings. The molecular formula is C20H27FO2Si. The predicted molar refractivity (Wildman–Crippen MR) is 100 cm³/mol. The Labute approximate surface area is 145 Å². The molecule has 0 spiro atoms. The van der Waals surface area contributed by atoms with Crippen LogP contribution in [-0.2, 0) is 4.43 Å². The Morgan fingerprint density at radius 2 is 1.29 bits per heavy atom. The molecule has 4 heteroatoms. The molecule has 2 aromatic carbocycles. The van der Waals surface area contributed by atoms with Gasteiger partial charge in [0.1, 0.15) is 0 Å². The number of rotatable bonds is 6. The van der Waals surface area contributed by atoms with E-state index in [2.05, 4.69) is 45.0 Å². The van der Waals surface area contributed by atoms with Gasteiger partial charge >= 0.3 is 0 Å². The molecule has 0 heterocycles. The van der Waals surface area contributed by atoms with Crippen molar-refractivity contribution in [3.63, 3.8) is 0 Å². The second-order valence-electron chi connectivity index (χ2n) is 7.52. The van der Waals surface area contributed by atoms with Gasteiger partial charge < -0.3 is 9.53 Å². The molecule has 2 nitrogen and oxygen atoms in total. The molecule has 0 radical (unpaired) electrons. The smallest absolute Gasteiger partial charge is 0.261 e. The van der Waals surface area contributed by atoms with Crippen LogP contribution in [0.4, 0.5) is 4.39 Å². The van der Waals surface area contributed by atoms with Gasteiger partial charge in [-0.3, -0.25) is 0 Å². The van der Waals surface area contributed by atoms with Gasteiger partial charge in [0.2, 0.25) is 0 Å². The van der Waals surface area contributed by atoms with Crippen molar-refractivity contribution in [3.05, 3.63) is 60.7 Å². The van der Waals surface area contributed by atoms with Gasteiger partial charge in [0.25, 0.3) is 8.32 Å². The zero-order chi connectivity index (χ0) is 17.8. The van der Waals surface area contributed by atoms with Gasteiger partial charge in [-0.1, -0.05) is 81.4 Å². The second kappa shape index (κ2) is 7.17. The third-order valence-electron chi connectivity index (χ3n) is 4.34. The zero-order valence-corrected chi connectivity index (χ0v) is 15.9. The molecule has 0 bridgehead atoms. The van der Waals surface area contributed by atoms with Crippen LogP contribution in [0.15, 0.2) is 60.7 Å². The standard InChI is InChI=1S/C20H27FO2Si/c1-19(2,3)24(17-11-7-5-8-12-17,18-13-9-6-10-14-18)23-16-20(4,21)15-22/h5-14,22H,15-16H2,1-4H3. The monoisotopic (exact) mass is 346 g/mol. The molecule has 2 aromatic rings. The first kappa shape index (κ1) is 18.8. The summed E-state index contributed by atoms with van der Waals surface area (Å²) in [4.78, 5) is 0. The summed E-state index contributed by atoms with van der Waals surface area (Å²) in [7, 11) is -2.73. The van der Waals surface area contributed by atoms with Crippen LogP contribution in [0.2, 0.25) is 5.04 Å². The van der Waals surface area contributed by atoms with E-state index in [1.165, 1.54) is 6.92 Å². The number of benzene rings is 2. The topological polar surface area (TPSA) is 29.5 Å². The van der Waals surface area contributed by atoms with E-state index in [0.29, 0.717) is 0 Å². The molecule has 1 atom stereocenters. The summed E-state index contributed by atoms with van der Waals surface area (Å²) in [5.74, 6) is 0. The molecular weight excluding hydrogens is 319 g/mol. The lowest BCUT2D eigenvalue weighted by Crippen LogP contribution is -2.67. The van der Waals surface area contributed by atoms with E-state index in [0.717, 1.165) is 10.4 Å². The molecule has 0 saturated carbocycles. The van der Waals surface area contributed by atoms with E-state index < -0.39 is 20.6 Å². The molecule has 130 valence electrons. The summed E-state index contributed by atoms with van der Waals surface area (Å²) in [5, 5.41) is 11.3. The fourth-order valence-electron chi connectivity index (χ4n) is 3.07. The Morgan fingerprint density at radius 3 is 1.62 bits per heavy atom. The van der Waals surface area contributed by atoms with Crippen molar-refractivity contribution in [2.45, 2.75) is 38.4 Å². The van der Waals surface area contributed by atoms with E-state index in [1.807, 2.05) is 36.4 Å². The van der Waals surface area contributed by atoms with Crippen LogP contribution < -0.4 is 10.4 Å². The van der Waals surface area contributed by atoms with Gasteiger partial charge in [-0.15, -0.1) is 0 Å². The molecule has 24 heavy (non-hydrogen) atoms. The number of hydrogen-bond donors (Lipinski definition) is 1. The lowest BCUT2D eigenvalue weighted by atomic mass is 10.2. The third kappa shape index (κ3) is 3.77.